The molecule has 1 nitrogen and oxygen atoms in total. The quantitative estimate of drug-likeness (QED) is 0.499. The van der Waals surface area contributed by atoms with Gasteiger partial charge in [-0.25, -0.2) is 0 Å². The van der Waals surface area contributed by atoms with Crippen LogP contribution in [0.15, 0.2) is 35.1 Å². The van der Waals surface area contributed by atoms with Crippen LogP contribution in [0, 0.1) is 11.3 Å². The topological polar surface area (TPSA) is 17.1 Å². The number of carbonyl (C=O) groups excluding carboxylic acids is 1. The highest BCUT2D eigenvalue weighted by molar-refractivity contribution is 6.87. The van der Waals surface area contributed by atoms with Gasteiger partial charge in [-0.1, -0.05) is 49.5 Å². The van der Waals surface area contributed by atoms with Gasteiger partial charge in [0, 0.05) is 11.8 Å². The zero-order valence-corrected chi connectivity index (χ0v) is 11.2. The third kappa shape index (κ3) is 1.19. The molecule has 84 valence electrons. The second-order valence-electron chi connectivity index (χ2n) is 6.33. The van der Waals surface area contributed by atoms with Gasteiger partial charge < -0.3 is 0 Å². The van der Waals surface area contributed by atoms with Gasteiger partial charge in [-0.05, 0) is 17.5 Å². The van der Waals surface area contributed by atoms with E-state index in [1.54, 1.807) is 0 Å². The molecule has 0 fully saturated rings. The lowest BCUT2D eigenvalue weighted by molar-refractivity contribution is -0.115. The van der Waals surface area contributed by atoms with Crippen LogP contribution in [0.2, 0.25) is 19.6 Å². The third-order valence-corrected chi connectivity index (χ3v) is 6.15. The Morgan fingerprint density at radius 2 is 1.88 bits per heavy atom. The van der Waals surface area contributed by atoms with Gasteiger partial charge >= 0.3 is 0 Å². The van der Waals surface area contributed by atoms with Gasteiger partial charge in [-0.15, -0.1) is 0 Å². The number of ketones is 1. The average Bonchev–Trinajstić information content (AvgIpc) is 2.47. The van der Waals surface area contributed by atoms with Crippen molar-refractivity contribution in [3.63, 3.8) is 0 Å². The van der Waals surface area contributed by atoms with E-state index < -0.39 is 8.07 Å². The van der Waals surface area contributed by atoms with Crippen molar-refractivity contribution >= 4 is 13.9 Å². The maximum absolute atomic E-state index is 12.3. The first-order valence-electron chi connectivity index (χ1n) is 6.08. The molecule has 4 rings (SSSR count). The molecule has 0 saturated carbocycles. The van der Waals surface area contributed by atoms with Crippen molar-refractivity contribution in [3.05, 3.63) is 35.1 Å². The summed E-state index contributed by atoms with van der Waals surface area (Å²) in [6.45, 7) is 6.88. The smallest absolute Gasteiger partial charge is 0.156 e. The molecule has 0 aromatic heterocycles. The van der Waals surface area contributed by atoms with E-state index in [4.69, 9.17) is 0 Å². The van der Waals surface area contributed by atoms with Gasteiger partial charge in [-0.2, -0.15) is 0 Å². The molecule has 2 bridgehead atoms. The highest BCUT2D eigenvalue weighted by atomic mass is 28.3. The maximum atomic E-state index is 12.3. The lowest BCUT2D eigenvalue weighted by Crippen LogP contribution is -2.30. The Morgan fingerprint density at radius 3 is 2.44 bits per heavy atom. The van der Waals surface area contributed by atoms with E-state index in [0.29, 0.717) is 18.1 Å². The molecule has 2 heteroatoms. The third-order valence-electron chi connectivity index (χ3n) is 4.07. The molecule has 0 amide bonds. The van der Waals surface area contributed by atoms with Crippen molar-refractivity contribution in [2.75, 3.05) is 0 Å². The SMILES string of the molecule is C[Si](C)(C)C1=C2CC3C=CC2(C=C3)CC1=O. The molecule has 0 saturated heterocycles. The summed E-state index contributed by atoms with van der Waals surface area (Å²) in [6.07, 6.45) is 10.9. The molecule has 0 heterocycles. The molecule has 0 aromatic carbocycles. The lowest BCUT2D eigenvalue weighted by atomic mass is 9.68. The molecule has 0 unspecified atom stereocenters. The number of Topliss-reactive ketones (excluding diaryl/α,β-unsaturated/α-hetero) is 1. The van der Waals surface area contributed by atoms with E-state index in [0.717, 1.165) is 6.42 Å². The van der Waals surface area contributed by atoms with E-state index in [1.165, 1.54) is 10.8 Å². The standard InChI is InChI=1S/C14H18OSi/c1-16(2,3)13-11-8-10-4-6-14(11,7-5-10)9-12(13)15/h4-7,10H,8-9H2,1-3H3. The Labute approximate surface area is 97.9 Å². The Kier molecular flexibility index (Phi) is 1.84. The van der Waals surface area contributed by atoms with Crippen LogP contribution < -0.4 is 0 Å². The van der Waals surface area contributed by atoms with E-state index in [-0.39, 0.29) is 5.41 Å². The molecular formula is C14H18OSi. The second-order valence-corrected chi connectivity index (χ2v) is 11.3. The maximum Gasteiger partial charge on any atom is 0.156 e. The van der Waals surface area contributed by atoms with E-state index in [2.05, 4.69) is 43.9 Å². The molecule has 0 radical (unpaired) electrons. The zero-order chi connectivity index (χ0) is 11.6. The fourth-order valence-electron chi connectivity index (χ4n) is 3.43. The van der Waals surface area contributed by atoms with Crippen LogP contribution in [-0.2, 0) is 4.79 Å². The number of hydrogen-bond donors (Lipinski definition) is 0. The lowest BCUT2D eigenvalue weighted by Gasteiger charge is -2.37. The van der Waals surface area contributed by atoms with Gasteiger partial charge in [0.2, 0.25) is 0 Å². The summed E-state index contributed by atoms with van der Waals surface area (Å²) in [7, 11) is -1.48. The Bertz CT molecular complexity index is 446. The molecule has 4 aliphatic rings. The first-order valence-corrected chi connectivity index (χ1v) is 9.58. The zero-order valence-electron chi connectivity index (χ0n) is 10.2. The first kappa shape index (κ1) is 10.3. The van der Waals surface area contributed by atoms with Crippen LogP contribution >= 0.6 is 0 Å². The van der Waals surface area contributed by atoms with Crippen molar-refractivity contribution in [1.82, 2.24) is 0 Å². The first-order chi connectivity index (χ1) is 7.42. The van der Waals surface area contributed by atoms with Crippen molar-refractivity contribution in [2.24, 2.45) is 11.3 Å². The molecule has 0 aromatic rings. The van der Waals surface area contributed by atoms with E-state index in [9.17, 15) is 4.79 Å². The van der Waals surface area contributed by atoms with E-state index in [1.807, 2.05) is 0 Å². The monoisotopic (exact) mass is 230 g/mol. The van der Waals surface area contributed by atoms with Crippen molar-refractivity contribution < 1.29 is 4.79 Å². The van der Waals surface area contributed by atoms with Gasteiger partial charge in [0.25, 0.3) is 0 Å². The van der Waals surface area contributed by atoms with Crippen LogP contribution in [0.5, 0.6) is 0 Å². The van der Waals surface area contributed by atoms with Crippen molar-refractivity contribution in [2.45, 2.75) is 32.5 Å². The van der Waals surface area contributed by atoms with Crippen LogP contribution in [0.1, 0.15) is 12.8 Å². The summed E-state index contributed by atoms with van der Waals surface area (Å²) >= 11 is 0. The molecule has 0 aliphatic heterocycles. The largest absolute Gasteiger partial charge is 0.295 e. The molecule has 1 spiro atoms. The normalized spacial score (nSPS) is 36.2. The predicted molar refractivity (Wildman–Crippen MR) is 68.8 cm³/mol. The second kappa shape index (κ2) is 2.86. The predicted octanol–water partition coefficient (Wildman–Crippen LogP) is 3.27. The summed E-state index contributed by atoms with van der Waals surface area (Å²) in [5.41, 5.74) is 1.47. The summed E-state index contributed by atoms with van der Waals surface area (Å²) in [5, 5.41) is 1.24. The van der Waals surface area contributed by atoms with Gasteiger partial charge in [0.05, 0.1) is 8.07 Å². The number of hydrogen-bond acceptors (Lipinski definition) is 1. The minimum atomic E-state index is -1.48. The van der Waals surface area contributed by atoms with Crippen LogP contribution in [0.3, 0.4) is 0 Å². The number of carbonyl (C=O) groups is 1. The van der Waals surface area contributed by atoms with Crippen LogP contribution in [0.25, 0.3) is 0 Å². The van der Waals surface area contributed by atoms with E-state index >= 15 is 0 Å². The Morgan fingerprint density at radius 1 is 1.25 bits per heavy atom. The summed E-state index contributed by atoms with van der Waals surface area (Å²) in [5.74, 6) is 0.972. The summed E-state index contributed by atoms with van der Waals surface area (Å²) in [6, 6.07) is 0. The fraction of sp³-hybridized carbons (Fsp3) is 0.500. The van der Waals surface area contributed by atoms with Crippen molar-refractivity contribution in [3.8, 4) is 0 Å². The Balaban J connectivity index is 2.22. The minimum absolute atomic E-state index is 0.00144. The molecule has 16 heavy (non-hydrogen) atoms. The van der Waals surface area contributed by atoms with Crippen LogP contribution in [-0.4, -0.2) is 13.9 Å². The number of allylic oxidation sites excluding steroid dienone is 6. The highest BCUT2D eigenvalue weighted by Gasteiger charge is 2.48. The summed E-state index contributed by atoms with van der Waals surface area (Å²) in [4.78, 5) is 12.3. The summed E-state index contributed by atoms with van der Waals surface area (Å²) < 4.78 is 0. The molecule has 4 aliphatic carbocycles. The average molecular weight is 230 g/mol. The van der Waals surface area contributed by atoms with Crippen LogP contribution in [0.4, 0.5) is 0 Å². The highest BCUT2D eigenvalue weighted by Crippen LogP contribution is 2.54. The van der Waals surface area contributed by atoms with Gasteiger partial charge in [0.1, 0.15) is 0 Å². The van der Waals surface area contributed by atoms with Gasteiger partial charge in [0.15, 0.2) is 5.78 Å². The fourth-order valence-corrected chi connectivity index (χ4v) is 5.59. The molecular weight excluding hydrogens is 212 g/mol. The minimum Gasteiger partial charge on any atom is -0.295 e. The molecule has 0 atom stereocenters. The van der Waals surface area contributed by atoms with Gasteiger partial charge in [-0.3, -0.25) is 4.79 Å². The number of rotatable bonds is 1. The Hall–Kier alpha value is -0.893. The van der Waals surface area contributed by atoms with Crippen molar-refractivity contribution in [1.29, 1.82) is 0 Å². The molecule has 0 N–H and O–H groups in total.